The number of carbonyl (C=O) groups excluding carboxylic acids is 1. The van der Waals surface area contributed by atoms with E-state index >= 15 is 0 Å². The number of hydrogen-bond acceptors (Lipinski definition) is 3. The normalized spacial score (nSPS) is 9.86. The van der Waals surface area contributed by atoms with Crippen molar-refractivity contribution in [3.63, 3.8) is 0 Å². The third-order valence-electron chi connectivity index (χ3n) is 1.86. The van der Waals surface area contributed by atoms with E-state index in [1.807, 2.05) is 19.9 Å². The highest BCUT2D eigenvalue weighted by Crippen LogP contribution is 2.08. The molecular weight excluding hydrogens is 180 g/mol. The molecule has 1 aromatic heterocycles. The van der Waals surface area contributed by atoms with E-state index < -0.39 is 0 Å². The average molecular weight is 192 g/mol. The van der Waals surface area contributed by atoms with Crippen molar-refractivity contribution in [2.75, 3.05) is 6.54 Å². The monoisotopic (exact) mass is 192 g/mol. The molecule has 0 aliphatic carbocycles. The Morgan fingerprint density at radius 3 is 2.86 bits per heavy atom. The summed E-state index contributed by atoms with van der Waals surface area (Å²) in [4.78, 5) is 13.2. The van der Waals surface area contributed by atoms with Crippen molar-refractivity contribution in [1.82, 2.24) is 4.90 Å². The Kier molecular flexibility index (Phi) is 3.29. The van der Waals surface area contributed by atoms with Crippen LogP contribution in [0.5, 0.6) is 0 Å². The fourth-order valence-corrected chi connectivity index (χ4v) is 1.11. The van der Waals surface area contributed by atoms with E-state index in [0.29, 0.717) is 0 Å². The predicted molar refractivity (Wildman–Crippen MR) is 50.5 cm³/mol. The molecule has 1 aromatic rings. The van der Waals surface area contributed by atoms with Crippen molar-refractivity contribution in [2.24, 2.45) is 0 Å². The Morgan fingerprint density at radius 1 is 1.71 bits per heavy atom. The van der Waals surface area contributed by atoms with Gasteiger partial charge in [0.2, 0.25) is 0 Å². The molecule has 0 bridgehead atoms. The highest BCUT2D eigenvalue weighted by molar-refractivity contribution is 5.91. The van der Waals surface area contributed by atoms with Crippen LogP contribution in [0.2, 0.25) is 0 Å². The van der Waals surface area contributed by atoms with E-state index in [0.717, 1.165) is 0 Å². The Hall–Kier alpha value is -1.76. The maximum atomic E-state index is 11.7. The molecule has 0 aromatic carbocycles. The van der Waals surface area contributed by atoms with Gasteiger partial charge >= 0.3 is 0 Å². The molecule has 0 N–H and O–H groups in total. The summed E-state index contributed by atoms with van der Waals surface area (Å²) in [5.74, 6) is 0.0282. The smallest absolute Gasteiger partial charge is 0.290 e. The minimum absolute atomic E-state index is 0.00718. The van der Waals surface area contributed by atoms with Crippen LogP contribution in [0, 0.1) is 11.3 Å². The lowest BCUT2D eigenvalue weighted by atomic mass is 10.3. The van der Waals surface area contributed by atoms with Crippen molar-refractivity contribution in [1.29, 1.82) is 5.26 Å². The average Bonchev–Trinajstić information content (AvgIpc) is 2.65. The standard InChI is InChI=1S/C10H12N2O2/c1-8(2)12(6-5-11)10(13)9-4-3-7-14-9/h3-4,7-8H,6H2,1-2H3. The summed E-state index contributed by atoms with van der Waals surface area (Å²) in [5.41, 5.74) is 0. The first-order valence-electron chi connectivity index (χ1n) is 4.38. The highest BCUT2D eigenvalue weighted by Gasteiger charge is 2.20. The first kappa shape index (κ1) is 10.3. The van der Waals surface area contributed by atoms with E-state index in [9.17, 15) is 4.79 Å². The second kappa shape index (κ2) is 4.47. The fraction of sp³-hybridized carbons (Fsp3) is 0.400. The molecule has 0 spiro atoms. The number of nitrogens with zero attached hydrogens (tertiary/aromatic N) is 2. The Bertz CT molecular complexity index is 336. The number of carbonyl (C=O) groups is 1. The van der Waals surface area contributed by atoms with E-state index in [1.54, 1.807) is 12.1 Å². The van der Waals surface area contributed by atoms with E-state index in [1.165, 1.54) is 11.2 Å². The molecule has 0 saturated heterocycles. The summed E-state index contributed by atoms with van der Waals surface area (Å²) in [6, 6.07) is 5.19. The van der Waals surface area contributed by atoms with Crippen LogP contribution in [0.1, 0.15) is 24.4 Å². The van der Waals surface area contributed by atoms with Gasteiger partial charge in [-0.05, 0) is 26.0 Å². The number of hydrogen-bond donors (Lipinski definition) is 0. The summed E-state index contributed by atoms with van der Waals surface area (Å²) in [6.07, 6.45) is 1.44. The summed E-state index contributed by atoms with van der Waals surface area (Å²) in [6.45, 7) is 3.80. The van der Waals surface area contributed by atoms with Gasteiger partial charge in [-0.25, -0.2) is 0 Å². The largest absolute Gasteiger partial charge is 0.459 e. The Morgan fingerprint density at radius 2 is 2.43 bits per heavy atom. The van der Waals surface area contributed by atoms with Gasteiger partial charge in [-0.15, -0.1) is 0 Å². The van der Waals surface area contributed by atoms with Gasteiger partial charge in [-0.2, -0.15) is 5.26 Å². The van der Waals surface area contributed by atoms with Crippen molar-refractivity contribution < 1.29 is 9.21 Å². The molecule has 0 unspecified atom stereocenters. The van der Waals surface area contributed by atoms with Crippen LogP contribution in [-0.4, -0.2) is 23.4 Å². The molecule has 0 radical (unpaired) electrons. The van der Waals surface area contributed by atoms with Crippen LogP contribution in [0.15, 0.2) is 22.8 Å². The zero-order chi connectivity index (χ0) is 10.6. The van der Waals surface area contributed by atoms with Crippen LogP contribution in [0.4, 0.5) is 0 Å². The summed E-state index contributed by atoms with van der Waals surface area (Å²) in [5, 5.41) is 8.56. The molecular formula is C10H12N2O2. The molecule has 14 heavy (non-hydrogen) atoms. The topological polar surface area (TPSA) is 57.2 Å². The lowest BCUT2D eigenvalue weighted by Gasteiger charge is -2.22. The molecule has 0 aliphatic rings. The number of rotatable bonds is 3. The summed E-state index contributed by atoms with van der Waals surface area (Å²) >= 11 is 0. The summed E-state index contributed by atoms with van der Waals surface area (Å²) in [7, 11) is 0. The molecule has 1 rings (SSSR count). The van der Waals surface area contributed by atoms with E-state index in [4.69, 9.17) is 9.68 Å². The summed E-state index contributed by atoms with van der Waals surface area (Å²) < 4.78 is 4.97. The van der Waals surface area contributed by atoms with Crippen molar-refractivity contribution in [2.45, 2.75) is 19.9 Å². The third-order valence-corrected chi connectivity index (χ3v) is 1.86. The lowest BCUT2D eigenvalue weighted by molar-refractivity contribution is 0.0699. The predicted octanol–water partition coefficient (Wildman–Crippen LogP) is 1.65. The molecule has 0 saturated carbocycles. The first-order chi connectivity index (χ1) is 6.66. The van der Waals surface area contributed by atoms with Crippen LogP contribution in [0.3, 0.4) is 0 Å². The maximum absolute atomic E-state index is 11.7. The van der Waals surface area contributed by atoms with Crippen LogP contribution >= 0.6 is 0 Å². The molecule has 4 heteroatoms. The second-order valence-electron chi connectivity index (χ2n) is 3.16. The van der Waals surface area contributed by atoms with Crippen LogP contribution < -0.4 is 0 Å². The lowest BCUT2D eigenvalue weighted by Crippen LogP contribution is -2.37. The molecule has 74 valence electrons. The highest BCUT2D eigenvalue weighted by atomic mass is 16.3. The van der Waals surface area contributed by atoms with Gasteiger partial charge in [0.05, 0.1) is 12.3 Å². The minimum Gasteiger partial charge on any atom is -0.459 e. The molecule has 1 heterocycles. The minimum atomic E-state index is -0.244. The number of amides is 1. The van der Waals surface area contributed by atoms with Gasteiger partial charge in [-0.1, -0.05) is 0 Å². The van der Waals surface area contributed by atoms with Crippen molar-refractivity contribution in [3.05, 3.63) is 24.2 Å². The van der Waals surface area contributed by atoms with Gasteiger partial charge in [0, 0.05) is 6.04 Å². The number of nitriles is 1. The van der Waals surface area contributed by atoms with Crippen LogP contribution in [-0.2, 0) is 0 Å². The van der Waals surface area contributed by atoms with Crippen molar-refractivity contribution >= 4 is 5.91 Å². The zero-order valence-electron chi connectivity index (χ0n) is 8.23. The van der Waals surface area contributed by atoms with E-state index in [2.05, 4.69) is 0 Å². The number of furan rings is 1. The van der Waals surface area contributed by atoms with Crippen molar-refractivity contribution in [3.8, 4) is 6.07 Å². The molecule has 0 atom stereocenters. The maximum Gasteiger partial charge on any atom is 0.290 e. The van der Waals surface area contributed by atoms with Crippen LogP contribution in [0.25, 0.3) is 0 Å². The van der Waals surface area contributed by atoms with Gasteiger partial charge in [0.15, 0.2) is 5.76 Å². The van der Waals surface area contributed by atoms with Gasteiger partial charge in [0.25, 0.3) is 5.91 Å². The quantitative estimate of drug-likeness (QED) is 0.684. The van der Waals surface area contributed by atoms with Gasteiger partial charge in [-0.3, -0.25) is 4.79 Å². The zero-order valence-corrected chi connectivity index (χ0v) is 8.23. The Labute approximate surface area is 82.7 Å². The third kappa shape index (κ3) is 2.13. The second-order valence-corrected chi connectivity index (χ2v) is 3.16. The molecule has 4 nitrogen and oxygen atoms in total. The molecule has 1 amide bonds. The van der Waals surface area contributed by atoms with Gasteiger partial charge in [0.1, 0.15) is 6.54 Å². The first-order valence-corrected chi connectivity index (χ1v) is 4.38. The molecule has 0 fully saturated rings. The van der Waals surface area contributed by atoms with Gasteiger partial charge < -0.3 is 9.32 Å². The fourth-order valence-electron chi connectivity index (χ4n) is 1.11. The molecule has 0 aliphatic heterocycles. The Balaban J connectivity index is 2.80. The SMILES string of the molecule is CC(C)N(CC#N)C(=O)c1ccco1. The van der Waals surface area contributed by atoms with E-state index in [-0.39, 0.29) is 24.3 Å².